The number of hydrogen-bond donors (Lipinski definition) is 1. The van der Waals surface area contributed by atoms with E-state index in [1.54, 1.807) is 6.26 Å². The lowest BCUT2D eigenvalue weighted by molar-refractivity contribution is 0.0597. The van der Waals surface area contributed by atoms with Gasteiger partial charge in [0.05, 0.1) is 25.0 Å². The van der Waals surface area contributed by atoms with Gasteiger partial charge in [-0.3, -0.25) is 9.48 Å². The van der Waals surface area contributed by atoms with E-state index in [4.69, 9.17) is 4.74 Å². The van der Waals surface area contributed by atoms with Crippen LogP contribution in [0.1, 0.15) is 44.9 Å². The minimum absolute atomic E-state index is 0.106. The van der Waals surface area contributed by atoms with Crippen molar-refractivity contribution in [1.82, 2.24) is 15.1 Å². The highest BCUT2D eigenvalue weighted by Crippen LogP contribution is 2.23. The molecule has 1 N–H and O–H groups in total. The van der Waals surface area contributed by atoms with Crippen molar-refractivity contribution < 1.29 is 18.7 Å². The molecule has 0 unspecified atom stereocenters. The third kappa shape index (κ3) is 3.60. The molecule has 0 fully saturated rings. The highest BCUT2D eigenvalue weighted by Gasteiger charge is 2.26. The number of nitrogens with one attached hydrogen (secondary N) is 1. The Morgan fingerprint density at radius 2 is 2.19 bits per heavy atom. The van der Waals surface area contributed by atoms with Gasteiger partial charge in [-0.05, 0) is 43.7 Å². The first kappa shape index (κ1) is 18.4. The van der Waals surface area contributed by atoms with Gasteiger partial charge in [0.1, 0.15) is 11.4 Å². The Kier molecular flexibility index (Phi) is 5.61. The maximum Gasteiger partial charge on any atom is 0.341 e. The van der Waals surface area contributed by atoms with Crippen molar-refractivity contribution in [2.24, 2.45) is 0 Å². The number of esters is 1. The lowest BCUT2D eigenvalue weighted by Crippen LogP contribution is -2.24. The van der Waals surface area contributed by atoms with Crippen molar-refractivity contribution in [3.05, 3.63) is 46.5 Å². The number of aryl methyl sites for hydroxylation is 1. The van der Waals surface area contributed by atoms with Crippen LogP contribution in [0.15, 0.2) is 23.1 Å². The average molecular weight is 377 g/mol. The number of carbonyl (C=O) groups excluding carboxylic acids is 2. The number of nitrogens with zero attached hydrogens (tertiary/aromatic N) is 2. The maximum atomic E-state index is 13.6. The van der Waals surface area contributed by atoms with Gasteiger partial charge in [0.25, 0.3) is 5.91 Å². The van der Waals surface area contributed by atoms with Gasteiger partial charge in [0.2, 0.25) is 0 Å². The van der Waals surface area contributed by atoms with Crippen LogP contribution in [0.25, 0.3) is 0 Å². The van der Waals surface area contributed by atoms with E-state index in [-0.39, 0.29) is 18.3 Å². The van der Waals surface area contributed by atoms with Crippen LogP contribution < -0.4 is 5.32 Å². The normalized spacial score (nSPS) is 13.2. The molecule has 1 aliphatic rings. The van der Waals surface area contributed by atoms with Crippen molar-refractivity contribution in [3.8, 4) is 0 Å². The van der Waals surface area contributed by atoms with Crippen LogP contribution >= 0.6 is 11.8 Å². The fraction of sp³-hybridized carbons (Fsp3) is 0.389. The number of aromatic nitrogens is 2. The number of methoxy groups -OCH3 is 1. The molecule has 1 aromatic carbocycles. The number of benzene rings is 1. The first-order valence-electron chi connectivity index (χ1n) is 8.33. The molecule has 6 nitrogen and oxygen atoms in total. The van der Waals surface area contributed by atoms with E-state index in [9.17, 15) is 14.0 Å². The van der Waals surface area contributed by atoms with Gasteiger partial charge in [-0.25, -0.2) is 9.18 Å². The number of rotatable bonds is 5. The Labute approximate surface area is 155 Å². The molecule has 8 heteroatoms. The molecule has 0 saturated heterocycles. The van der Waals surface area contributed by atoms with Gasteiger partial charge in [0, 0.05) is 17.0 Å². The van der Waals surface area contributed by atoms with Crippen molar-refractivity contribution in [2.75, 3.05) is 13.4 Å². The molecule has 0 atom stereocenters. The smallest absolute Gasteiger partial charge is 0.341 e. The zero-order valence-electron chi connectivity index (χ0n) is 14.7. The molecular weight excluding hydrogens is 357 g/mol. The Hall–Kier alpha value is -2.35. The van der Waals surface area contributed by atoms with Crippen LogP contribution in [-0.2, 0) is 24.2 Å². The van der Waals surface area contributed by atoms with E-state index < -0.39 is 5.97 Å². The summed E-state index contributed by atoms with van der Waals surface area (Å²) in [6.07, 6.45) is 4.52. The predicted octanol–water partition coefficient (Wildman–Crippen LogP) is 2.80. The number of thioether (sulfide) groups is 1. The molecule has 1 aliphatic heterocycles. The van der Waals surface area contributed by atoms with Crippen molar-refractivity contribution >= 4 is 23.6 Å². The fourth-order valence-corrected chi connectivity index (χ4v) is 3.58. The van der Waals surface area contributed by atoms with E-state index in [0.717, 1.165) is 31.5 Å². The Bertz CT molecular complexity index is 850. The van der Waals surface area contributed by atoms with Crippen molar-refractivity contribution in [3.63, 3.8) is 0 Å². The van der Waals surface area contributed by atoms with Gasteiger partial charge in [-0.2, -0.15) is 5.10 Å². The van der Waals surface area contributed by atoms with Crippen molar-refractivity contribution in [2.45, 2.75) is 37.2 Å². The lowest BCUT2D eigenvalue weighted by Gasteiger charge is -2.13. The largest absolute Gasteiger partial charge is 0.465 e. The molecule has 2 aromatic rings. The number of halogens is 1. The third-order valence-electron chi connectivity index (χ3n) is 4.38. The summed E-state index contributed by atoms with van der Waals surface area (Å²) in [5.74, 6) is -1.14. The monoisotopic (exact) mass is 377 g/mol. The SMILES string of the molecule is COC(=O)c1c(CNC(=O)c2ccc(F)c(SC)c2)nn2c1CCCC2. The summed E-state index contributed by atoms with van der Waals surface area (Å²) in [5.41, 5.74) is 2.16. The van der Waals surface area contributed by atoms with Crippen molar-refractivity contribution in [1.29, 1.82) is 0 Å². The number of carbonyl (C=O) groups is 2. The molecule has 138 valence electrons. The Balaban J connectivity index is 1.80. The quantitative estimate of drug-likeness (QED) is 0.641. The summed E-state index contributed by atoms with van der Waals surface area (Å²) >= 11 is 1.24. The minimum atomic E-state index is -0.441. The Morgan fingerprint density at radius 1 is 1.38 bits per heavy atom. The maximum absolute atomic E-state index is 13.6. The summed E-state index contributed by atoms with van der Waals surface area (Å²) in [7, 11) is 1.33. The summed E-state index contributed by atoms with van der Waals surface area (Å²) in [6, 6.07) is 4.22. The first-order chi connectivity index (χ1) is 12.5. The fourth-order valence-electron chi connectivity index (χ4n) is 3.07. The van der Waals surface area contributed by atoms with E-state index in [0.29, 0.717) is 21.7 Å². The highest BCUT2D eigenvalue weighted by atomic mass is 32.2. The van der Waals surface area contributed by atoms with Crippen LogP contribution in [0, 0.1) is 5.82 Å². The zero-order chi connectivity index (χ0) is 18.7. The molecule has 0 radical (unpaired) electrons. The summed E-state index contributed by atoms with van der Waals surface area (Å²) < 4.78 is 20.3. The van der Waals surface area contributed by atoms with Crippen LogP contribution in [0.5, 0.6) is 0 Å². The molecule has 0 bridgehead atoms. The van der Waals surface area contributed by atoms with E-state index in [1.165, 1.54) is 37.1 Å². The average Bonchev–Trinajstić information content (AvgIpc) is 3.04. The van der Waals surface area contributed by atoms with Gasteiger partial charge < -0.3 is 10.1 Å². The van der Waals surface area contributed by atoms with E-state index in [1.807, 2.05) is 4.68 Å². The van der Waals surface area contributed by atoms with Gasteiger partial charge in [-0.15, -0.1) is 11.8 Å². The molecule has 26 heavy (non-hydrogen) atoms. The second kappa shape index (κ2) is 7.90. The number of fused-ring (bicyclic) bond motifs is 1. The van der Waals surface area contributed by atoms with E-state index in [2.05, 4.69) is 10.4 Å². The Morgan fingerprint density at radius 3 is 2.92 bits per heavy atom. The number of hydrogen-bond acceptors (Lipinski definition) is 5. The molecular formula is C18H20FN3O3S. The van der Waals surface area contributed by atoms with Crippen LogP contribution in [-0.4, -0.2) is 35.0 Å². The molecule has 3 rings (SSSR count). The molecule has 0 aliphatic carbocycles. The summed E-state index contributed by atoms with van der Waals surface area (Å²) in [4.78, 5) is 25.0. The third-order valence-corrected chi connectivity index (χ3v) is 5.14. The minimum Gasteiger partial charge on any atom is -0.465 e. The number of ether oxygens (including phenoxy) is 1. The van der Waals surface area contributed by atoms with Gasteiger partial charge >= 0.3 is 5.97 Å². The molecule has 1 amide bonds. The van der Waals surface area contributed by atoms with Gasteiger partial charge in [0.15, 0.2) is 0 Å². The summed E-state index contributed by atoms with van der Waals surface area (Å²) in [5, 5.41) is 7.23. The molecule has 0 saturated carbocycles. The topological polar surface area (TPSA) is 73.2 Å². The standard InChI is InChI=1S/C18H20FN3O3S/c1-25-18(24)16-13(21-22-8-4-3-5-14(16)22)10-20-17(23)11-6-7-12(19)15(9-11)26-2/h6-7,9H,3-5,8,10H2,1-2H3,(H,20,23). The molecule has 1 aromatic heterocycles. The first-order valence-corrected chi connectivity index (χ1v) is 9.56. The van der Waals surface area contributed by atoms with E-state index >= 15 is 0 Å². The second-order valence-corrected chi connectivity index (χ2v) is 6.82. The lowest BCUT2D eigenvalue weighted by atomic mass is 10.0. The molecule has 0 spiro atoms. The summed E-state index contributed by atoms with van der Waals surface area (Å²) in [6.45, 7) is 0.859. The second-order valence-electron chi connectivity index (χ2n) is 5.97. The zero-order valence-corrected chi connectivity index (χ0v) is 15.5. The van der Waals surface area contributed by atoms with Crippen LogP contribution in [0.2, 0.25) is 0 Å². The van der Waals surface area contributed by atoms with Gasteiger partial charge in [-0.1, -0.05) is 0 Å². The number of amides is 1. The van der Waals surface area contributed by atoms with Crippen LogP contribution in [0.3, 0.4) is 0 Å². The predicted molar refractivity (Wildman–Crippen MR) is 95.9 cm³/mol. The molecule has 2 heterocycles. The highest BCUT2D eigenvalue weighted by molar-refractivity contribution is 7.98. The van der Waals surface area contributed by atoms with Crippen LogP contribution in [0.4, 0.5) is 4.39 Å².